The lowest BCUT2D eigenvalue weighted by atomic mass is 10.1. The summed E-state index contributed by atoms with van der Waals surface area (Å²) in [4.78, 5) is 18.0. The predicted molar refractivity (Wildman–Crippen MR) is 71.3 cm³/mol. The molecular weight excluding hydrogens is 305 g/mol. The van der Waals surface area contributed by atoms with E-state index >= 15 is 0 Å². The number of hydrogen-bond acceptors (Lipinski definition) is 3. The van der Waals surface area contributed by atoms with Crippen LogP contribution in [0.5, 0.6) is 0 Å². The van der Waals surface area contributed by atoms with Gasteiger partial charge in [0.15, 0.2) is 6.29 Å². The molecular formula is C14H10ClF3N2O. The van der Waals surface area contributed by atoms with E-state index < -0.39 is 11.9 Å². The van der Waals surface area contributed by atoms with E-state index in [4.69, 9.17) is 11.6 Å². The monoisotopic (exact) mass is 314 g/mol. The largest absolute Gasteiger partial charge is 0.433 e. The third-order valence-electron chi connectivity index (χ3n) is 2.85. The fraction of sp³-hybridized carbons (Fsp3) is 0.214. The summed E-state index contributed by atoms with van der Waals surface area (Å²) in [5.74, 6) is 0. The quantitative estimate of drug-likeness (QED) is 0.637. The van der Waals surface area contributed by atoms with Crippen LogP contribution in [0.25, 0.3) is 0 Å². The summed E-state index contributed by atoms with van der Waals surface area (Å²) in [6.45, 7) is 0. The third-order valence-corrected chi connectivity index (χ3v) is 3.15. The normalized spacial score (nSPS) is 11.4. The van der Waals surface area contributed by atoms with Gasteiger partial charge in [0.2, 0.25) is 0 Å². The molecule has 2 rings (SSSR count). The molecule has 0 bridgehead atoms. The Morgan fingerprint density at radius 2 is 1.90 bits per heavy atom. The van der Waals surface area contributed by atoms with Crippen LogP contribution in [0.3, 0.4) is 0 Å². The van der Waals surface area contributed by atoms with E-state index in [-0.39, 0.29) is 5.15 Å². The number of aromatic nitrogens is 2. The molecule has 0 atom stereocenters. The SMILES string of the molecule is O=Cc1ccc(CCc2ccc(C(F)(F)F)nc2)nc1Cl. The zero-order valence-electron chi connectivity index (χ0n) is 10.7. The van der Waals surface area contributed by atoms with Crippen LogP contribution < -0.4 is 0 Å². The van der Waals surface area contributed by atoms with Gasteiger partial charge in [0.25, 0.3) is 0 Å². The van der Waals surface area contributed by atoms with Crippen molar-refractivity contribution in [3.63, 3.8) is 0 Å². The number of aldehydes is 1. The number of hydrogen-bond donors (Lipinski definition) is 0. The number of alkyl halides is 3. The number of nitrogens with zero attached hydrogens (tertiary/aromatic N) is 2. The standard InChI is InChI=1S/C14H10ClF3N2O/c15-13-10(8-21)3-5-11(20-13)4-1-9-2-6-12(19-7-9)14(16,17)18/h2-3,5-8H,1,4H2. The van der Waals surface area contributed by atoms with Gasteiger partial charge >= 0.3 is 6.18 Å². The summed E-state index contributed by atoms with van der Waals surface area (Å²) >= 11 is 5.80. The summed E-state index contributed by atoms with van der Waals surface area (Å²) in [6.07, 6.45) is -1.65. The number of aryl methyl sites for hydroxylation is 2. The average Bonchev–Trinajstić information content (AvgIpc) is 2.45. The van der Waals surface area contributed by atoms with Crippen molar-refractivity contribution in [3.05, 3.63) is 58.1 Å². The number of rotatable bonds is 4. The molecule has 0 fully saturated rings. The van der Waals surface area contributed by atoms with E-state index in [2.05, 4.69) is 9.97 Å². The van der Waals surface area contributed by atoms with Crippen LogP contribution >= 0.6 is 11.6 Å². The maximum atomic E-state index is 12.4. The van der Waals surface area contributed by atoms with Crippen LogP contribution in [-0.4, -0.2) is 16.3 Å². The first kappa shape index (κ1) is 15.4. The molecule has 2 aromatic rings. The Bertz CT molecular complexity index is 642. The topological polar surface area (TPSA) is 42.9 Å². The smallest absolute Gasteiger partial charge is 0.298 e. The molecule has 21 heavy (non-hydrogen) atoms. The molecule has 0 aliphatic carbocycles. The van der Waals surface area contributed by atoms with Crippen molar-refractivity contribution >= 4 is 17.9 Å². The van der Waals surface area contributed by atoms with E-state index in [9.17, 15) is 18.0 Å². The Balaban J connectivity index is 2.03. The molecule has 3 nitrogen and oxygen atoms in total. The highest BCUT2D eigenvalue weighted by atomic mass is 35.5. The van der Waals surface area contributed by atoms with Crippen molar-refractivity contribution in [2.45, 2.75) is 19.0 Å². The van der Waals surface area contributed by atoms with E-state index in [1.165, 1.54) is 12.3 Å². The second-order valence-corrected chi connectivity index (χ2v) is 4.71. The molecule has 0 aliphatic heterocycles. The second-order valence-electron chi connectivity index (χ2n) is 4.35. The third kappa shape index (κ3) is 4.01. The first-order valence-corrected chi connectivity index (χ1v) is 6.40. The fourth-order valence-corrected chi connectivity index (χ4v) is 1.94. The van der Waals surface area contributed by atoms with Crippen molar-refractivity contribution in [1.82, 2.24) is 9.97 Å². The highest BCUT2D eigenvalue weighted by Crippen LogP contribution is 2.27. The number of halogens is 4. The van der Waals surface area contributed by atoms with Crippen LogP contribution in [0.1, 0.15) is 27.3 Å². The Morgan fingerprint density at radius 3 is 2.43 bits per heavy atom. The van der Waals surface area contributed by atoms with Crippen LogP contribution in [0.4, 0.5) is 13.2 Å². The van der Waals surface area contributed by atoms with Gasteiger partial charge in [0.05, 0.1) is 5.56 Å². The van der Waals surface area contributed by atoms with Crippen LogP contribution in [0, 0.1) is 0 Å². The van der Waals surface area contributed by atoms with Gasteiger partial charge in [0, 0.05) is 11.9 Å². The van der Waals surface area contributed by atoms with E-state index in [1.54, 1.807) is 12.1 Å². The van der Waals surface area contributed by atoms with Gasteiger partial charge in [-0.3, -0.25) is 9.78 Å². The lowest BCUT2D eigenvalue weighted by Gasteiger charge is -2.07. The molecule has 7 heteroatoms. The Labute approximate surface area is 123 Å². The van der Waals surface area contributed by atoms with Crippen molar-refractivity contribution < 1.29 is 18.0 Å². The molecule has 0 radical (unpaired) electrons. The summed E-state index contributed by atoms with van der Waals surface area (Å²) in [7, 11) is 0. The minimum absolute atomic E-state index is 0.119. The van der Waals surface area contributed by atoms with Crippen molar-refractivity contribution in [2.75, 3.05) is 0 Å². The number of pyridine rings is 2. The second kappa shape index (κ2) is 6.22. The number of carbonyl (C=O) groups is 1. The lowest BCUT2D eigenvalue weighted by Crippen LogP contribution is -2.08. The molecule has 0 aliphatic rings. The Kier molecular flexibility index (Phi) is 4.57. The molecule has 2 aromatic heterocycles. The molecule has 0 unspecified atom stereocenters. The van der Waals surface area contributed by atoms with Crippen molar-refractivity contribution in [1.29, 1.82) is 0 Å². The van der Waals surface area contributed by atoms with Crippen molar-refractivity contribution in [2.24, 2.45) is 0 Å². The van der Waals surface area contributed by atoms with Crippen LogP contribution in [0.15, 0.2) is 30.5 Å². The minimum atomic E-state index is -4.43. The zero-order valence-corrected chi connectivity index (χ0v) is 11.4. The highest BCUT2D eigenvalue weighted by Gasteiger charge is 2.31. The van der Waals surface area contributed by atoms with Gasteiger partial charge in [-0.1, -0.05) is 17.7 Å². The van der Waals surface area contributed by atoms with Gasteiger partial charge in [-0.2, -0.15) is 13.2 Å². The molecule has 0 amide bonds. The van der Waals surface area contributed by atoms with Gasteiger partial charge < -0.3 is 0 Å². The molecule has 2 heterocycles. The summed E-state index contributed by atoms with van der Waals surface area (Å²) < 4.78 is 37.1. The van der Waals surface area contributed by atoms with Crippen LogP contribution in [-0.2, 0) is 19.0 Å². The maximum Gasteiger partial charge on any atom is 0.433 e. The maximum absolute atomic E-state index is 12.4. The molecule has 0 spiro atoms. The summed E-state index contributed by atoms with van der Waals surface area (Å²) in [6, 6.07) is 5.55. The zero-order chi connectivity index (χ0) is 15.5. The van der Waals surface area contributed by atoms with E-state index in [0.717, 1.165) is 6.07 Å². The van der Waals surface area contributed by atoms with E-state index in [1.807, 2.05) is 0 Å². The highest BCUT2D eigenvalue weighted by molar-refractivity contribution is 6.31. The van der Waals surface area contributed by atoms with Gasteiger partial charge in [0.1, 0.15) is 10.8 Å². The molecule has 110 valence electrons. The van der Waals surface area contributed by atoms with Gasteiger partial charge in [-0.25, -0.2) is 4.98 Å². The molecule has 0 saturated carbocycles. The van der Waals surface area contributed by atoms with Gasteiger partial charge in [-0.15, -0.1) is 0 Å². The Hall–Kier alpha value is -1.95. The molecule has 0 saturated heterocycles. The average molecular weight is 315 g/mol. The summed E-state index contributed by atoms with van der Waals surface area (Å²) in [5.41, 5.74) is 0.713. The summed E-state index contributed by atoms with van der Waals surface area (Å²) in [5, 5.41) is 0.119. The van der Waals surface area contributed by atoms with E-state index in [0.29, 0.717) is 35.9 Å². The first-order chi connectivity index (χ1) is 9.90. The fourth-order valence-electron chi connectivity index (χ4n) is 1.72. The van der Waals surface area contributed by atoms with Gasteiger partial charge in [-0.05, 0) is 36.6 Å². The Morgan fingerprint density at radius 1 is 1.14 bits per heavy atom. The van der Waals surface area contributed by atoms with Crippen LogP contribution in [0.2, 0.25) is 5.15 Å². The predicted octanol–water partition coefficient (Wildman–Crippen LogP) is 3.75. The molecule has 0 aromatic carbocycles. The molecule has 0 N–H and O–H groups in total. The lowest BCUT2D eigenvalue weighted by molar-refractivity contribution is -0.141. The number of carbonyl (C=O) groups excluding carboxylic acids is 1. The first-order valence-electron chi connectivity index (χ1n) is 6.03. The van der Waals surface area contributed by atoms with Crippen molar-refractivity contribution in [3.8, 4) is 0 Å². The minimum Gasteiger partial charge on any atom is -0.298 e.